The van der Waals surface area contributed by atoms with Crippen LogP contribution in [-0.4, -0.2) is 27.3 Å². The molecule has 0 bridgehead atoms. The highest BCUT2D eigenvalue weighted by Crippen LogP contribution is 2.40. The van der Waals surface area contributed by atoms with Crippen molar-refractivity contribution in [3.63, 3.8) is 0 Å². The van der Waals surface area contributed by atoms with Crippen molar-refractivity contribution in [3.8, 4) is 0 Å². The molecule has 1 unspecified atom stereocenters. The molecule has 1 aliphatic rings. The van der Waals surface area contributed by atoms with Crippen molar-refractivity contribution < 1.29 is 14.2 Å². The van der Waals surface area contributed by atoms with Crippen LogP contribution in [-0.2, 0) is 14.2 Å². The van der Waals surface area contributed by atoms with Crippen molar-refractivity contribution in [1.82, 2.24) is 0 Å². The Kier molecular flexibility index (Phi) is 12.0. The Morgan fingerprint density at radius 3 is 1.79 bits per heavy atom. The van der Waals surface area contributed by atoms with E-state index in [4.69, 9.17) is 14.2 Å². The minimum Gasteiger partial charge on any atom is -0.331 e. The number of rotatable bonds is 12. The van der Waals surface area contributed by atoms with Crippen LogP contribution >= 0.6 is 0 Å². The zero-order valence-corrected chi connectivity index (χ0v) is 16.8. The summed E-state index contributed by atoms with van der Waals surface area (Å²) in [6.07, 6.45) is 18.5. The second-order valence-electron chi connectivity index (χ2n) is 7.48. The molecule has 1 fully saturated rings. The number of hydrogen-bond acceptors (Lipinski definition) is 3. The third kappa shape index (κ3) is 7.01. The molecule has 1 saturated carbocycles. The van der Waals surface area contributed by atoms with Crippen LogP contribution in [0.15, 0.2) is 0 Å². The Labute approximate surface area is 150 Å². The first kappa shape index (κ1) is 21.9. The van der Waals surface area contributed by atoms with E-state index in [1.165, 1.54) is 83.5 Å². The lowest BCUT2D eigenvalue weighted by Crippen LogP contribution is -2.47. The minimum absolute atomic E-state index is 0.335. The maximum Gasteiger partial charge on any atom is 0.285 e. The van der Waals surface area contributed by atoms with Gasteiger partial charge in [0.2, 0.25) is 0 Å². The molecule has 0 aromatic rings. The van der Waals surface area contributed by atoms with E-state index < -0.39 is 5.97 Å². The molecule has 1 atom stereocenters. The van der Waals surface area contributed by atoms with Crippen LogP contribution in [0.4, 0.5) is 0 Å². The van der Waals surface area contributed by atoms with E-state index in [9.17, 15) is 0 Å². The largest absolute Gasteiger partial charge is 0.331 e. The Morgan fingerprint density at radius 1 is 0.750 bits per heavy atom. The van der Waals surface area contributed by atoms with Gasteiger partial charge < -0.3 is 14.2 Å². The van der Waals surface area contributed by atoms with Crippen LogP contribution in [0.25, 0.3) is 0 Å². The fourth-order valence-corrected chi connectivity index (χ4v) is 4.44. The van der Waals surface area contributed by atoms with Gasteiger partial charge in [-0.2, -0.15) is 0 Å². The van der Waals surface area contributed by atoms with Gasteiger partial charge in [0.05, 0.1) is 0 Å². The van der Waals surface area contributed by atoms with Crippen molar-refractivity contribution >= 4 is 0 Å². The Balaban J connectivity index is 2.66. The van der Waals surface area contributed by atoms with Crippen LogP contribution in [0.3, 0.4) is 0 Å². The summed E-state index contributed by atoms with van der Waals surface area (Å²) in [5, 5.41) is 0. The predicted octanol–water partition coefficient (Wildman–Crippen LogP) is 6.31. The molecule has 0 aromatic carbocycles. The maximum absolute atomic E-state index is 5.77. The third-order valence-corrected chi connectivity index (χ3v) is 5.90. The first-order valence-electron chi connectivity index (χ1n) is 10.4. The monoisotopic (exact) mass is 342 g/mol. The van der Waals surface area contributed by atoms with E-state index in [0.717, 1.165) is 6.42 Å². The fourth-order valence-electron chi connectivity index (χ4n) is 4.44. The van der Waals surface area contributed by atoms with E-state index in [0.29, 0.717) is 11.8 Å². The molecule has 0 aromatic heterocycles. The highest BCUT2D eigenvalue weighted by molar-refractivity contribution is 4.80. The number of ether oxygens (including phenoxy) is 3. The Bertz CT molecular complexity index is 273. The second kappa shape index (κ2) is 13.1. The molecule has 0 spiro atoms. The molecule has 3 nitrogen and oxygen atoms in total. The van der Waals surface area contributed by atoms with Gasteiger partial charge >= 0.3 is 0 Å². The molecule has 0 N–H and O–H groups in total. The van der Waals surface area contributed by atoms with Crippen LogP contribution in [0.2, 0.25) is 0 Å². The topological polar surface area (TPSA) is 27.7 Å². The average molecular weight is 343 g/mol. The third-order valence-electron chi connectivity index (χ3n) is 5.90. The normalized spacial score (nSPS) is 19.0. The lowest BCUT2D eigenvalue weighted by atomic mass is 9.77. The SMILES string of the molecule is CCCCCCCCC(C1CCCCCCC1)C(OC)(OC)OC. The summed E-state index contributed by atoms with van der Waals surface area (Å²) < 4.78 is 17.3. The summed E-state index contributed by atoms with van der Waals surface area (Å²) in [5.41, 5.74) is 0. The van der Waals surface area contributed by atoms with Gasteiger partial charge in [-0.1, -0.05) is 77.6 Å². The van der Waals surface area contributed by atoms with E-state index in [1.807, 2.05) is 0 Å². The molecular formula is C21H42O3. The highest BCUT2D eigenvalue weighted by Gasteiger charge is 2.43. The summed E-state index contributed by atoms with van der Waals surface area (Å²) in [5.74, 6) is 0.121. The standard InChI is InChI=1S/C21H42O3/c1-5-6-7-8-12-15-18-20(21(22-2,23-3)24-4)19-16-13-10-9-11-14-17-19/h19-20H,5-18H2,1-4H3. The van der Waals surface area contributed by atoms with Crippen LogP contribution < -0.4 is 0 Å². The maximum atomic E-state index is 5.77. The molecule has 3 heteroatoms. The molecule has 0 saturated heterocycles. The van der Waals surface area contributed by atoms with Gasteiger partial charge in [0.15, 0.2) is 0 Å². The Morgan fingerprint density at radius 2 is 1.25 bits per heavy atom. The van der Waals surface area contributed by atoms with Gasteiger partial charge in [0, 0.05) is 27.2 Å². The van der Waals surface area contributed by atoms with Crippen molar-refractivity contribution in [2.45, 2.75) is 103 Å². The molecule has 1 aliphatic carbocycles. The fraction of sp³-hybridized carbons (Fsp3) is 1.00. The lowest BCUT2D eigenvalue weighted by Gasteiger charge is -2.41. The van der Waals surface area contributed by atoms with Gasteiger partial charge in [0.25, 0.3) is 5.97 Å². The van der Waals surface area contributed by atoms with Gasteiger partial charge in [0.1, 0.15) is 0 Å². The molecule has 0 amide bonds. The quantitative estimate of drug-likeness (QED) is 0.307. The summed E-state index contributed by atoms with van der Waals surface area (Å²) >= 11 is 0. The smallest absolute Gasteiger partial charge is 0.285 e. The molecule has 0 aliphatic heterocycles. The summed E-state index contributed by atoms with van der Waals surface area (Å²) in [4.78, 5) is 0. The minimum atomic E-state index is -0.868. The van der Waals surface area contributed by atoms with Gasteiger partial charge in [-0.25, -0.2) is 0 Å². The van der Waals surface area contributed by atoms with Crippen molar-refractivity contribution in [3.05, 3.63) is 0 Å². The summed E-state index contributed by atoms with van der Waals surface area (Å²) in [7, 11) is 5.18. The van der Waals surface area contributed by atoms with Crippen molar-refractivity contribution in [1.29, 1.82) is 0 Å². The predicted molar refractivity (Wildman–Crippen MR) is 101 cm³/mol. The van der Waals surface area contributed by atoms with Crippen LogP contribution in [0, 0.1) is 11.8 Å². The molecule has 24 heavy (non-hydrogen) atoms. The number of unbranched alkanes of at least 4 members (excludes halogenated alkanes) is 5. The van der Waals surface area contributed by atoms with Crippen molar-refractivity contribution in [2.24, 2.45) is 11.8 Å². The van der Waals surface area contributed by atoms with Gasteiger partial charge in [-0.3, -0.25) is 0 Å². The molecule has 1 rings (SSSR count). The van der Waals surface area contributed by atoms with E-state index in [2.05, 4.69) is 6.92 Å². The first-order valence-corrected chi connectivity index (χ1v) is 10.4. The van der Waals surface area contributed by atoms with Crippen LogP contribution in [0.5, 0.6) is 0 Å². The molecular weight excluding hydrogens is 300 g/mol. The zero-order valence-electron chi connectivity index (χ0n) is 16.8. The highest BCUT2D eigenvalue weighted by atomic mass is 16.9. The van der Waals surface area contributed by atoms with E-state index in [1.54, 1.807) is 21.3 Å². The number of hydrogen-bond donors (Lipinski definition) is 0. The zero-order chi connectivity index (χ0) is 17.7. The summed E-state index contributed by atoms with van der Waals surface area (Å²) in [6.45, 7) is 2.27. The van der Waals surface area contributed by atoms with E-state index in [-0.39, 0.29) is 0 Å². The van der Waals surface area contributed by atoms with E-state index >= 15 is 0 Å². The van der Waals surface area contributed by atoms with Gasteiger partial charge in [-0.15, -0.1) is 0 Å². The molecule has 0 radical (unpaired) electrons. The Hall–Kier alpha value is -0.120. The van der Waals surface area contributed by atoms with Crippen LogP contribution in [0.1, 0.15) is 96.8 Å². The average Bonchev–Trinajstić information content (AvgIpc) is 2.58. The second-order valence-corrected chi connectivity index (χ2v) is 7.48. The van der Waals surface area contributed by atoms with Crippen molar-refractivity contribution in [2.75, 3.05) is 21.3 Å². The van der Waals surface area contributed by atoms with Gasteiger partial charge in [-0.05, 0) is 25.2 Å². The summed E-state index contributed by atoms with van der Waals surface area (Å²) in [6, 6.07) is 0. The molecule has 144 valence electrons. The first-order chi connectivity index (χ1) is 11.7. The molecule has 0 heterocycles. The lowest BCUT2D eigenvalue weighted by molar-refractivity contribution is -0.386. The number of methoxy groups -OCH3 is 3.